The van der Waals surface area contributed by atoms with Crippen molar-refractivity contribution in [3.05, 3.63) is 0 Å². The van der Waals surface area contributed by atoms with Gasteiger partial charge in [-0.3, -0.25) is 4.79 Å². The third-order valence-electron chi connectivity index (χ3n) is 2.93. The van der Waals surface area contributed by atoms with E-state index in [1.165, 1.54) is 32.6 Å². The highest BCUT2D eigenvalue weighted by molar-refractivity contribution is 5.66. The molecule has 2 atom stereocenters. The molecule has 2 fully saturated rings. The van der Waals surface area contributed by atoms with Gasteiger partial charge in [-0.2, -0.15) is 4.89 Å². The van der Waals surface area contributed by atoms with Crippen molar-refractivity contribution in [3.63, 3.8) is 0 Å². The second-order valence-corrected chi connectivity index (χ2v) is 4.05. The lowest BCUT2D eigenvalue weighted by Crippen LogP contribution is -2.19. The summed E-state index contributed by atoms with van der Waals surface area (Å²) in [5.41, 5.74) is 0. The minimum atomic E-state index is -0.488. The molecule has 0 bridgehead atoms. The molecular weight excluding hydrogens is 184 g/mol. The second kappa shape index (κ2) is 4.28. The van der Waals surface area contributed by atoms with Crippen LogP contribution in [0.3, 0.4) is 0 Å². The van der Waals surface area contributed by atoms with Gasteiger partial charge in [0, 0.05) is 13.3 Å². The Labute approximate surface area is 83.4 Å². The molecule has 1 heterocycles. The van der Waals surface area contributed by atoms with Gasteiger partial charge in [-0.25, -0.2) is 4.89 Å². The lowest BCUT2D eigenvalue weighted by molar-refractivity contribution is -0.339. The highest BCUT2D eigenvalue weighted by Crippen LogP contribution is 2.34. The maximum Gasteiger partial charge on any atom is 0.305 e. The number of hydrogen-bond acceptors (Lipinski definition) is 4. The molecule has 1 aliphatic heterocycles. The first kappa shape index (κ1) is 9.93. The molecule has 1 aliphatic carbocycles. The van der Waals surface area contributed by atoms with Gasteiger partial charge >= 0.3 is 5.97 Å². The van der Waals surface area contributed by atoms with Crippen LogP contribution in [-0.2, 0) is 19.3 Å². The van der Waals surface area contributed by atoms with Gasteiger partial charge in [-0.05, 0) is 18.8 Å². The van der Waals surface area contributed by atoms with Crippen molar-refractivity contribution in [3.8, 4) is 0 Å². The lowest BCUT2D eigenvalue weighted by Gasteiger charge is -2.13. The maximum atomic E-state index is 10.7. The van der Waals surface area contributed by atoms with Gasteiger partial charge in [0.2, 0.25) is 6.29 Å². The highest BCUT2D eigenvalue weighted by Gasteiger charge is 2.36. The molecule has 0 radical (unpaired) electrons. The third-order valence-corrected chi connectivity index (χ3v) is 2.93. The quantitative estimate of drug-likeness (QED) is 0.503. The monoisotopic (exact) mass is 200 g/mol. The molecule has 4 nitrogen and oxygen atoms in total. The first-order valence-electron chi connectivity index (χ1n) is 5.25. The summed E-state index contributed by atoms with van der Waals surface area (Å²) in [6.07, 6.45) is 5.30. The van der Waals surface area contributed by atoms with Crippen molar-refractivity contribution in [1.29, 1.82) is 0 Å². The van der Waals surface area contributed by atoms with Crippen molar-refractivity contribution >= 4 is 5.97 Å². The third kappa shape index (κ3) is 2.25. The molecular formula is C10H16O4. The van der Waals surface area contributed by atoms with E-state index in [1.807, 2.05) is 0 Å². The average Bonchev–Trinajstić information content (AvgIpc) is 2.69. The van der Waals surface area contributed by atoms with Crippen molar-refractivity contribution in [1.82, 2.24) is 0 Å². The van der Waals surface area contributed by atoms with E-state index in [9.17, 15) is 4.79 Å². The van der Waals surface area contributed by atoms with E-state index >= 15 is 0 Å². The van der Waals surface area contributed by atoms with Crippen LogP contribution in [0.5, 0.6) is 0 Å². The van der Waals surface area contributed by atoms with Crippen LogP contribution in [0.4, 0.5) is 0 Å². The fraction of sp³-hybridized carbons (Fsp3) is 0.900. The van der Waals surface area contributed by atoms with Crippen molar-refractivity contribution in [2.45, 2.75) is 51.4 Å². The van der Waals surface area contributed by atoms with E-state index in [2.05, 4.69) is 0 Å². The van der Waals surface area contributed by atoms with Gasteiger partial charge < -0.3 is 4.74 Å². The summed E-state index contributed by atoms with van der Waals surface area (Å²) in [5, 5.41) is 0. The summed E-state index contributed by atoms with van der Waals surface area (Å²) in [7, 11) is 0. The largest absolute Gasteiger partial charge is 0.433 e. The number of carbonyl (C=O) groups excluding carboxylic acids is 1. The van der Waals surface area contributed by atoms with Crippen LogP contribution in [-0.4, -0.2) is 18.4 Å². The minimum Gasteiger partial charge on any atom is -0.433 e. The molecule has 0 aromatic carbocycles. The van der Waals surface area contributed by atoms with Crippen LogP contribution >= 0.6 is 0 Å². The smallest absolute Gasteiger partial charge is 0.305 e. The van der Waals surface area contributed by atoms with E-state index in [1.54, 1.807) is 0 Å². The Kier molecular flexibility index (Phi) is 3.03. The number of esters is 1. The lowest BCUT2D eigenvalue weighted by atomic mass is 9.99. The van der Waals surface area contributed by atoms with Crippen LogP contribution in [0, 0.1) is 5.92 Å². The Morgan fingerprint density at radius 1 is 1.29 bits per heavy atom. The SMILES string of the molecule is CC(=O)OC1CC(C2CCCC2)OO1. The van der Waals surface area contributed by atoms with Gasteiger partial charge in [0.05, 0.1) is 0 Å². The molecule has 1 saturated carbocycles. The number of hydrogen-bond donors (Lipinski definition) is 0. The zero-order valence-electron chi connectivity index (χ0n) is 8.40. The number of carbonyl (C=O) groups is 1. The molecule has 1 saturated heterocycles. The molecule has 4 heteroatoms. The Hall–Kier alpha value is -0.610. The average molecular weight is 200 g/mol. The van der Waals surface area contributed by atoms with Gasteiger partial charge in [-0.15, -0.1) is 0 Å². The number of ether oxygens (including phenoxy) is 1. The van der Waals surface area contributed by atoms with Crippen molar-refractivity contribution < 1.29 is 19.3 Å². The van der Waals surface area contributed by atoms with E-state index in [-0.39, 0.29) is 12.1 Å². The van der Waals surface area contributed by atoms with Crippen LogP contribution in [0.25, 0.3) is 0 Å². The molecule has 80 valence electrons. The van der Waals surface area contributed by atoms with Crippen LogP contribution < -0.4 is 0 Å². The molecule has 14 heavy (non-hydrogen) atoms. The van der Waals surface area contributed by atoms with E-state index < -0.39 is 6.29 Å². The normalized spacial score (nSPS) is 33.5. The molecule has 2 rings (SSSR count). The fourth-order valence-electron chi connectivity index (χ4n) is 2.25. The predicted octanol–water partition coefficient (Wildman–Crippen LogP) is 1.79. The Morgan fingerprint density at radius 3 is 2.64 bits per heavy atom. The topological polar surface area (TPSA) is 44.8 Å². The summed E-state index contributed by atoms with van der Waals surface area (Å²) in [4.78, 5) is 20.8. The van der Waals surface area contributed by atoms with Gasteiger partial charge in [0.15, 0.2) is 0 Å². The first-order chi connectivity index (χ1) is 6.75. The van der Waals surface area contributed by atoms with Crippen LogP contribution in [0.2, 0.25) is 0 Å². The van der Waals surface area contributed by atoms with Crippen LogP contribution in [0.1, 0.15) is 39.0 Å². The van der Waals surface area contributed by atoms with Crippen LogP contribution in [0.15, 0.2) is 0 Å². The highest BCUT2D eigenvalue weighted by atomic mass is 17.2. The summed E-state index contributed by atoms with van der Waals surface area (Å²) >= 11 is 0. The predicted molar refractivity (Wildman–Crippen MR) is 48.1 cm³/mol. The maximum absolute atomic E-state index is 10.7. The zero-order chi connectivity index (χ0) is 9.97. The van der Waals surface area contributed by atoms with Gasteiger partial charge in [-0.1, -0.05) is 12.8 Å². The Morgan fingerprint density at radius 2 is 2.00 bits per heavy atom. The minimum absolute atomic E-state index is 0.127. The summed E-state index contributed by atoms with van der Waals surface area (Å²) in [6.45, 7) is 1.38. The molecule has 0 amide bonds. The molecule has 0 spiro atoms. The Balaban J connectivity index is 1.78. The molecule has 2 unspecified atom stereocenters. The Bertz CT molecular complexity index is 210. The van der Waals surface area contributed by atoms with E-state index in [4.69, 9.17) is 14.5 Å². The molecule has 0 N–H and O–H groups in total. The van der Waals surface area contributed by atoms with Gasteiger partial charge in [0.1, 0.15) is 6.10 Å². The molecule has 0 aromatic heterocycles. The standard InChI is InChI=1S/C10H16O4/c1-7(11)12-10-6-9(13-14-10)8-4-2-3-5-8/h8-10H,2-6H2,1H3. The van der Waals surface area contributed by atoms with Gasteiger partial charge in [0.25, 0.3) is 0 Å². The van der Waals surface area contributed by atoms with Crippen molar-refractivity contribution in [2.75, 3.05) is 0 Å². The second-order valence-electron chi connectivity index (χ2n) is 4.05. The number of rotatable bonds is 2. The molecule has 2 aliphatic rings. The van der Waals surface area contributed by atoms with Crippen molar-refractivity contribution in [2.24, 2.45) is 5.92 Å². The van der Waals surface area contributed by atoms with E-state index in [0.29, 0.717) is 12.3 Å². The summed E-state index contributed by atoms with van der Waals surface area (Å²) in [6, 6.07) is 0. The summed E-state index contributed by atoms with van der Waals surface area (Å²) < 4.78 is 4.91. The first-order valence-corrected chi connectivity index (χ1v) is 5.25. The zero-order valence-corrected chi connectivity index (χ0v) is 8.40. The molecule has 0 aromatic rings. The summed E-state index contributed by atoms with van der Waals surface area (Å²) in [5.74, 6) is 0.279. The van der Waals surface area contributed by atoms with E-state index in [0.717, 1.165) is 0 Å². The fourth-order valence-corrected chi connectivity index (χ4v) is 2.25.